The van der Waals surface area contributed by atoms with Gasteiger partial charge in [0.15, 0.2) is 5.82 Å². The fraction of sp³-hybridized carbons (Fsp3) is 0.571. The highest BCUT2D eigenvalue weighted by atomic mass is 19.1. The Morgan fingerprint density at radius 3 is 2.95 bits per heavy atom. The van der Waals surface area contributed by atoms with Gasteiger partial charge in [-0.15, -0.1) is 0 Å². The van der Waals surface area contributed by atoms with Crippen molar-refractivity contribution in [2.75, 3.05) is 20.3 Å². The van der Waals surface area contributed by atoms with Gasteiger partial charge in [-0.05, 0) is 31.7 Å². The lowest BCUT2D eigenvalue weighted by molar-refractivity contribution is 0.0590. The Labute approximate surface area is 112 Å². The monoisotopic (exact) mass is 266 g/mol. The molecule has 104 valence electrons. The van der Waals surface area contributed by atoms with E-state index in [4.69, 9.17) is 4.74 Å². The van der Waals surface area contributed by atoms with Gasteiger partial charge >= 0.3 is 0 Å². The number of nitrogens with zero attached hydrogens (tertiary/aromatic N) is 2. The Hall–Kier alpha value is -1.49. The molecule has 0 saturated heterocycles. The number of aromatic nitrogens is 1. The summed E-state index contributed by atoms with van der Waals surface area (Å²) in [7, 11) is 1.59. The summed E-state index contributed by atoms with van der Waals surface area (Å²) < 4.78 is 18.7. The molecule has 1 saturated carbocycles. The molecule has 1 unspecified atom stereocenters. The van der Waals surface area contributed by atoms with E-state index in [1.54, 1.807) is 12.0 Å². The fourth-order valence-electron chi connectivity index (χ4n) is 2.22. The molecule has 0 N–H and O–H groups in total. The molecule has 1 aliphatic carbocycles. The number of halogens is 1. The van der Waals surface area contributed by atoms with Crippen molar-refractivity contribution in [1.29, 1.82) is 0 Å². The minimum atomic E-state index is -0.571. The van der Waals surface area contributed by atoms with Crippen LogP contribution in [0.25, 0.3) is 0 Å². The molecule has 0 aromatic carbocycles. The van der Waals surface area contributed by atoms with Crippen LogP contribution < -0.4 is 0 Å². The van der Waals surface area contributed by atoms with Gasteiger partial charge in [-0.3, -0.25) is 9.78 Å². The number of hydrogen-bond acceptors (Lipinski definition) is 3. The van der Waals surface area contributed by atoms with Gasteiger partial charge in [0.2, 0.25) is 0 Å². The predicted octanol–water partition coefficient (Wildman–Crippen LogP) is 2.11. The lowest BCUT2D eigenvalue weighted by Crippen LogP contribution is -2.42. The summed E-state index contributed by atoms with van der Waals surface area (Å²) in [6.45, 7) is 2.95. The fourth-order valence-corrected chi connectivity index (χ4v) is 2.22. The molecular formula is C14H19FN2O2. The Balaban J connectivity index is 2.17. The molecular weight excluding hydrogens is 247 g/mol. The van der Waals surface area contributed by atoms with Crippen LogP contribution >= 0.6 is 0 Å². The Kier molecular flexibility index (Phi) is 4.47. The molecule has 0 bridgehead atoms. The van der Waals surface area contributed by atoms with E-state index in [0.717, 1.165) is 19.0 Å². The van der Waals surface area contributed by atoms with Crippen molar-refractivity contribution in [3.63, 3.8) is 0 Å². The van der Waals surface area contributed by atoms with Gasteiger partial charge in [-0.1, -0.05) is 0 Å². The van der Waals surface area contributed by atoms with Crippen molar-refractivity contribution in [3.05, 3.63) is 29.8 Å². The summed E-state index contributed by atoms with van der Waals surface area (Å²) in [4.78, 5) is 17.8. The average molecular weight is 266 g/mol. The van der Waals surface area contributed by atoms with Crippen molar-refractivity contribution >= 4 is 5.91 Å². The summed E-state index contributed by atoms with van der Waals surface area (Å²) in [5.74, 6) is -0.319. The number of ether oxygens (including phenoxy) is 1. The molecule has 2 rings (SSSR count). The molecule has 1 aromatic rings. The second kappa shape index (κ2) is 6.10. The van der Waals surface area contributed by atoms with Crippen LogP contribution in [0.1, 0.15) is 30.1 Å². The molecule has 0 radical (unpaired) electrons. The van der Waals surface area contributed by atoms with Gasteiger partial charge in [0.05, 0.1) is 18.4 Å². The predicted molar refractivity (Wildman–Crippen MR) is 69.3 cm³/mol. The third-order valence-corrected chi connectivity index (χ3v) is 3.60. The molecule has 0 spiro atoms. The third kappa shape index (κ3) is 3.29. The van der Waals surface area contributed by atoms with Crippen LogP contribution in [-0.2, 0) is 4.74 Å². The second-order valence-electron chi connectivity index (χ2n) is 4.92. The van der Waals surface area contributed by atoms with Crippen molar-refractivity contribution in [2.45, 2.75) is 25.8 Å². The van der Waals surface area contributed by atoms with Crippen LogP contribution in [0.15, 0.2) is 18.5 Å². The number of carbonyl (C=O) groups excluding carboxylic acids is 1. The van der Waals surface area contributed by atoms with E-state index in [0.29, 0.717) is 19.1 Å². The summed E-state index contributed by atoms with van der Waals surface area (Å²) in [6.07, 6.45) is 4.78. The van der Waals surface area contributed by atoms with E-state index in [9.17, 15) is 9.18 Å². The van der Waals surface area contributed by atoms with Gasteiger partial charge in [0.1, 0.15) is 0 Å². The molecule has 1 atom stereocenters. The highest BCUT2D eigenvalue weighted by Gasteiger charge is 2.35. The first kappa shape index (κ1) is 13.9. The summed E-state index contributed by atoms with van der Waals surface area (Å²) >= 11 is 0. The summed E-state index contributed by atoms with van der Waals surface area (Å²) in [5.41, 5.74) is 0.0820. The number of amides is 1. The first-order valence-corrected chi connectivity index (χ1v) is 6.54. The number of hydrogen-bond donors (Lipinski definition) is 0. The third-order valence-electron chi connectivity index (χ3n) is 3.60. The van der Waals surface area contributed by atoms with Crippen molar-refractivity contribution < 1.29 is 13.9 Å². The minimum absolute atomic E-state index is 0.0820. The Morgan fingerprint density at radius 2 is 2.37 bits per heavy atom. The molecule has 1 fully saturated rings. The van der Waals surface area contributed by atoms with E-state index in [1.807, 2.05) is 6.92 Å². The molecule has 4 nitrogen and oxygen atoms in total. The lowest BCUT2D eigenvalue weighted by atomic mass is 10.1. The SMILES string of the molecule is COCCN(C(=O)c1ccncc1F)C(C)C1CC1. The zero-order valence-electron chi connectivity index (χ0n) is 11.3. The molecule has 5 heteroatoms. The molecule has 1 aromatic heterocycles. The van der Waals surface area contributed by atoms with Gasteiger partial charge in [0.25, 0.3) is 5.91 Å². The number of carbonyl (C=O) groups is 1. The number of pyridine rings is 1. The van der Waals surface area contributed by atoms with Gasteiger partial charge in [0, 0.05) is 25.9 Å². The Morgan fingerprint density at radius 1 is 1.63 bits per heavy atom. The van der Waals surface area contributed by atoms with Crippen LogP contribution in [0.4, 0.5) is 4.39 Å². The van der Waals surface area contributed by atoms with E-state index in [1.165, 1.54) is 12.3 Å². The zero-order chi connectivity index (χ0) is 13.8. The smallest absolute Gasteiger partial charge is 0.257 e. The molecule has 0 aliphatic heterocycles. The average Bonchev–Trinajstić information content (AvgIpc) is 3.23. The van der Waals surface area contributed by atoms with Crippen molar-refractivity contribution in [3.8, 4) is 0 Å². The molecule has 1 amide bonds. The van der Waals surface area contributed by atoms with Crippen LogP contribution in [-0.4, -0.2) is 42.1 Å². The molecule has 1 aliphatic rings. The standard InChI is InChI=1S/C14H19FN2O2/c1-10(11-3-4-11)17(7-8-19-2)14(18)12-5-6-16-9-13(12)15/h5-6,9-11H,3-4,7-8H2,1-2H3. The zero-order valence-corrected chi connectivity index (χ0v) is 11.3. The van der Waals surface area contributed by atoms with E-state index < -0.39 is 5.82 Å². The Bertz CT molecular complexity index is 449. The highest BCUT2D eigenvalue weighted by Crippen LogP contribution is 2.35. The van der Waals surface area contributed by atoms with Gasteiger partial charge in [-0.25, -0.2) is 4.39 Å². The van der Waals surface area contributed by atoms with Crippen molar-refractivity contribution in [1.82, 2.24) is 9.88 Å². The van der Waals surface area contributed by atoms with Crippen LogP contribution in [0.2, 0.25) is 0 Å². The quantitative estimate of drug-likeness (QED) is 0.792. The number of rotatable bonds is 6. The normalized spacial score (nSPS) is 16.2. The first-order valence-electron chi connectivity index (χ1n) is 6.54. The maximum absolute atomic E-state index is 13.7. The summed E-state index contributed by atoms with van der Waals surface area (Å²) in [6, 6.07) is 1.55. The lowest BCUT2D eigenvalue weighted by Gasteiger charge is -2.29. The summed E-state index contributed by atoms with van der Waals surface area (Å²) in [5, 5.41) is 0. The van der Waals surface area contributed by atoms with Crippen LogP contribution in [0, 0.1) is 11.7 Å². The maximum atomic E-state index is 13.7. The van der Waals surface area contributed by atoms with Gasteiger partial charge in [-0.2, -0.15) is 0 Å². The second-order valence-corrected chi connectivity index (χ2v) is 4.92. The number of methoxy groups -OCH3 is 1. The topological polar surface area (TPSA) is 42.4 Å². The highest BCUT2D eigenvalue weighted by molar-refractivity contribution is 5.94. The van der Waals surface area contributed by atoms with Crippen LogP contribution in [0.3, 0.4) is 0 Å². The largest absolute Gasteiger partial charge is 0.383 e. The first-order chi connectivity index (χ1) is 9.15. The van der Waals surface area contributed by atoms with Crippen molar-refractivity contribution in [2.24, 2.45) is 5.92 Å². The molecule has 19 heavy (non-hydrogen) atoms. The maximum Gasteiger partial charge on any atom is 0.257 e. The van der Waals surface area contributed by atoms with Crippen LogP contribution in [0.5, 0.6) is 0 Å². The van der Waals surface area contributed by atoms with E-state index in [2.05, 4.69) is 4.98 Å². The van der Waals surface area contributed by atoms with Gasteiger partial charge < -0.3 is 9.64 Å². The van der Waals surface area contributed by atoms with E-state index >= 15 is 0 Å². The minimum Gasteiger partial charge on any atom is -0.383 e. The van der Waals surface area contributed by atoms with E-state index in [-0.39, 0.29) is 17.5 Å². The molecule has 1 heterocycles.